The van der Waals surface area contributed by atoms with Crippen LogP contribution >= 0.6 is 0 Å². The molecule has 1 aromatic rings. The van der Waals surface area contributed by atoms with Gasteiger partial charge in [-0.2, -0.15) is 8.42 Å². The molecule has 1 heterocycles. The van der Waals surface area contributed by atoms with E-state index in [1.54, 1.807) is 6.07 Å². The summed E-state index contributed by atoms with van der Waals surface area (Å²) in [5.41, 5.74) is 0.784. The summed E-state index contributed by atoms with van der Waals surface area (Å²) >= 11 is 0. The number of hydrogen-bond donors (Lipinski definition) is 0. The monoisotopic (exact) mass is 227 g/mol. The summed E-state index contributed by atoms with van der Waals surface area (Å²) in [5, 5.41) is 0.747. The molecule has 0 aliphatic heterocycles. The van der Waals surface area contributed by atoms with Gasteiger partial charge in [-0.05, 0) is 12.0 Å². The Labute approximate surface area is 89.7 Å². The Balaban J connectivity index is 2.97. The van der Waals surface area contributed by atoms with Crippen molar-refractivity contribution in [3.63, 3.8) is 0 Å². The van der Waals surface area contributed by atoms with Crippen LogP contribution in [-0.4, -0.2) is 13.4 Å². The van der Waals surface area contributed by atoms with Gasteiger partial charge >= 0.3 is 10.1 Å². The van der Waals surface area contributed by atoms with Gasteiger partial charge in [0.05, 0.1) is 5.41 Å². The van der Waals surface area contributed by atoms with E-state index in [4.69, 9.17) is 0 Å². The van der Waals surface area contributed by atoms with Crippen LogP contribution in [0.15, 0.2) is 30.2 Å². The zero-order valence-electron chi connectivity index (χ0n) is 8.67. The number of rotatable bonds is 4. The van der Waals surface area contributed by atoms with Gasteiger partial charge in [0, 0.05) is 11.8 Å². The topological polar surface area (TPSA) is 56.3 Å². The summed E-state index contributed by atoms with van der Waals surface area (Å²) < 4.78 is 26.8. The summed E-state index contributed by atoms with van der Waals surface area (Å²) in [5.74, 6) is 0.293. The molecule has 0 unspecified atom stereocenters. The highest BCUT2D eigenvalue weighted by molar-refractivity contribution is 7.90. The molecule has 0 atom stereocenters. The molecule has 82 valence electrons. The molecule has 0 radical (unpaired) electrons. The van der Waals surface area contributed by atoms with Gasteiger partial charge in [-0.3, -0.25) is 0 Å². The zero-order chi connectivity index (χ0) is 11.5. The van der Waals surface area contributed by atoms with Crippen molar-refractivity contribution in [2.75, 3.05) is 0 Å². The standard InChI is InChI=1S/C10H13NO3S/c1-4-15(12,13)14-10-7-5-6-9(11-10)8(2)3/h4-8H,1H2,2-3H3. The fraction of sp³-hybridized carbons (Fsp3) is 0.300. The predicted molar refractivity (Wildman–Crippen MR) is 58.1 cm³/mol. The molecule has 0 aliphatic rings. The molecule has 0 bridgehead atoms. The number of pyridine rings is 1. The molecule has 1 aromatic heterocycles. The van der Waals surface area contributed by atoms with Crippen LogP contribution in [0.1, 0.15) is 25.5 Å². The Kier molecular flexibility index (Phi) is 3.47. The molecule has 0 aliphatic carbocycles. The van der Waals surface area contributed by atoms with E-state index in [9.17, 15) is 8.42 Å². The third-order valence-corrected chi connectivity index (χ3v) is 2.55. The first-order valence-electron chi connectivity index (χ1n) is 4.48. The van der Waals surface area contributed by atoms with Crippen LogP contribution in [0.2, 0.25) is 0 Å². The highest BCUT2D eigenvalue weighted by Crippen LogP contribution is 2.16. The number of aromatic nitrogens is 1. The average molecular weight is 227 g/mol. The van der Waals surface area contributed by atoms with Gasteiger partial charge in [0.25, 0.3) is 0 Å². The van der Waals surface area contributed by atoms with Crippen molar-refractivity contribution in [1.29, 1.82) is 0 Å². The van der Waals surface area contributed by atoms with Gasteiger partial charge in [-0.15, -0.1) is 0 Å². The third kappa shape index (κ3) is 3.36. The largest absolute Gasteiger partial charge is 0.359 e. The van der Waals surface area contributed by atoms with E-state index in [-0.39, 0.29) is 11.8 Å². The first-order chi connectivity index (χ1) is 6.94. The molecule has 0 amide bonds. The van der Waals surface area contributed by atoms with Crippen LogP contribution in [0.4, 0.5) is 0 Å². The highest BCUT2D eigenvalue weighted by Gasteiger charge is 2.09. The normalized spacial score (nSPS) is 11.4. The van der Waals surface area contributed by atoms with E-state index in [1.165, 1.54) is 6.07 Å². The Morgan fingerprint density at radius 3 is 2.67 bits per heavy atom. The second-order valence-corrected chi connectivity index (χ2v) is 4.78. The van der Waals surface area contributed by atoms with Crippen molar-refractivity contribution in [2.45, 2.75) is 19.8 Å². The van der Waals surface area contributed by atoms with E-state index in [0.717, 1.165) is 11.1 Å². The molecule has 0 N–H and O–H groups in total. The molecule has 0 saturated heterocycles. The lowest BCUT2D eigenvalue weighted by atomic mass is 10.1. The lowest BCUT2D eigenvalue weighted by Gasteiger charge is -2.06. The highest BCUT2D eigenvalue weighted by atomic mass is 32.2. The number of hydrogen-bond acceptors (Lipinski definition) is 4. The molecule has 0 fully saturated rings. The van der Waals surface area contributed by atoms with Crippen LogP contribution in [0.25, 0.3) is 0 Å². The minimum absolute atomic E-state index is 0.0705. The van der Waals surface area contributed by atoms with E-state index in [1.807, 2.05) is 19.9 Å². The van der Waals surface area contributed by atoms with E-state index in [2.05, 4.69) is 15.7 Å². The lowest BCUT2D eigenvalue weighted by Crippen LogP contribution is -2.06. The maximum absolute atomic E-state index is 11.1. The first kappa shape index (κ1) is 11.7. The smallest absolute Gasteiger partial charge is 0.333 e. The van der Waals surface area contributed by atoms with Crippen LogP contribution in [0.3, 0.4) is 0 Å². The Hall–Kier alpha value is -1.36. The summed E-state index contributed by atoms with van der Waals surface area (Å²) in [6.45, 7) is 7.08. The molecule has 1 rings (SSSR count). The minimum Gasteiger partial charge on any atom is -0.359 e. The summed E-state index contributed by atoms with van der Waals surface area (Å²) in [6, 6.07) is 5.02. The Morgan fingerprint density at radius 2 is 2.13 bits per heavy atom. The maximum atomic E-state index is 11.1. The van der Waals surface area contributed by atoms with E-state index in [0.29, 0.717) is 0 Å². The summed E-state index contributed by atoms with van der Waals surface area (Å²) in [4.78, 5) is 4.06. The van der Waals surface area contributed by atoms with E-state index >= 15 is 0 Å². The van der Waals surface area contributed by atoms with Gasteiger partial charge in [0.2, 0.25) is 5.88 Å². The molecule has 0 aromatic carbocycles. The second-order valence-electron chi connectivity index (χ2n) is 3.30. The molecule has 0 saturated carbocycles. The average Bonchev–Trinajstić information content (AvgIpc) is 2.17. The second kappa shape index (κ2) is 4.44. The zero-order valence-corrected chi connectivity index (χ0v) is 9.49. The van der Waals surface area contributed by atoms with Crippen LogP contribution in [0.5, 0.6) is 5.88 Å². The lowest BCUT2D eigenvalue weighted by molar-refractivity contribution is 0.484. The third-order valence-electron chi connectivity index (χ3n) is 1.74. The summed E-state index contributed by atoms with van der Waals surface area (Å²) in [7, 11) is -3.71. The molecular weight excluding hydrogens is 214 g/mol. The fourth-order valence-electron chi connectivity index (χ4n) is 0.952. The van der Waals surface area contributed by atoms with Crippen molar-refractivity contribution in [2.24, 2.45) is 0 Å². The van der Waals surface area contributed by atoms with Crippen molar-refractivity contribution in [3.8, 4) is 5.88 Å². The van der Waals surface area contributed by atoms with Gasteiger partial charge in [-0.25, -0.2) is 4.98 Å². The van der Waals surface area contributed by atoms with Gasteiger partial charge < -0.3 is 4.18 Å². The molecule has 4 nitrogen and oxygen atoms in total. The Morgan fingerprint density at radius 1 is 1.47 bits per heavy atom. The van der Waals surface area contributed by atoms with Crippen LogP contribution in [0, 0.1) is 0 Å². The van der Waals surface area contributed by atoms with Crippen molar-refractivity contribution in [1.82, 2.24) is 4.98 Å². The predicted octanol–water partition coefficient (Wildman–Crippen LogP) is 2.06. The van der Waals surface area contributed by atoms with Gasteiger partial charge in [0.15, 0.2) is 0 Å². The summed E-state index contributed by atoms with van der Waals surface area (Å²) in [6.07, 6.45) is 0. The van der Waals surface area contributed by atoms with Gasteiger partial charge in [0.1, 0.15) is 0 Å². The van der Waals surface area contributed by atoms with Crippen molar-refractivity contribution < 1.29 is 12.6 Å². The Bertz CT molecular complexity index is 451. The number of nitrogens with zero attached hydrogens (tertiary/aromatic N) is 1. The minimum atomic E-state index is -3.71. The van der Waals surface area contributed by atoms with Crippen molar-refractivity contribution >= 4 is 10.1 Å². The van der Waals surface area contributed by atoms with Crippen molar-refractivity contribution in [3.05, 3.63) is 35.9 Å². The van der Waals surface area contributed by atoms with Crippen LogP contribution < -0.4 is 4.18 Å². The van der Waals surface area contributed by atoms with E-state index < -0.39 is 10.1 Å². The molecule has 15 heavy (non-hydrogen) atoms. The fourth-order valence-corrected chi connectivity index (χ4v) is 1.35. The SMILES string of the molecule is C=CS(=O)(=O)Oc1cccc(C(C)C)n1. The maximum Gasteiger partial charge on any atom is 0.333 e. The quantitative estimate of drug-likeness (QED) is 0.739. The molecular formula is C10H13NO3S. The van der Waals surface area contributed by atoms with Crippen LogP contribution in [-0.2, 0) is 10.1 Å². The molecule has 5 heteroatoms. The van der Waals surface area contributed by atoms with Gasteiger partial charge in [-0.1, -0.05) is 26.5 Å². The molecule has 0 spiro atoms. The first-order valence-corrected chi connectivity index (χ1v) is 5.95.